The molecule has 2 aromatic carbocycles. The molecule has 1 atom stereocenters. The Morgan fingerprint density at radius 3 is 2.29 bits per heavy atom. The maximum Gasteiger partial charge on any atom is 0.312 e. The second-order valence-electron chi connectivity index (χ2n) is 11.0. The van der Waals surface area contributed by atoms with Gasteiger partial charge in [-0.05, 0) is 67.6 Å². The fourth-order valence-corrected chi connectivity index (χ4v) is 6.28. The Hall–Kier alpha value is -3.35. The van der Waals surface area contributed by atoms with Crippen molar-refractivity contribution in [2.24, 2.45) is 0 Å². The van der Waals surface area contributed by atoms with Crippen molar-refractivity contribution in [2.45, 2.75) is 69.6 Å². The molecule has 1 amide bonds. The molecule has 2 fully saturated rings. The minimum absolute atomic E-state index is 0.0245. The van der Waals surface area contributed by atoms with Gasteiger partial charge >= 0.3 is 5.97 Å². The fourth-order valence-electron chi connectivity index (χ4n) is 5.72. The van der Waals surface area contributed by atoms with Gasteiger partial charge in [-0.3, -0.25) is 14.3 Å². The third-order valence-electron chi connectivity index (χ3n) is 7.80. The largest absolute Gasteiger partial charge is 0.506 e. The van der Waals surface area contributed by atoms with Crippen LogP contribution in [0, 0.1) is 0 Å². The summed E-state index contributed by atoms with van der Waals surface area (Å²) >= 11 is 0. The van der Waals surface area contributed by atoms with Crippen molar-refractivity contribution < 1.29 is 33.3 Å². The highest BCUT2D eigenvalue weighted by Gasteiger charge is 2.28. The molecule has 1 aliphatic heterocycles. The molecule has 0 spiro atoms. The summed E-state index contributed by atoms with van der Waals surface area (Å²) in [6, 6.07) is 12.4. The first-order chi connectivity index (χ1) is 19.5. The van der Waals surface area contributed by atoms with Crippen molar-refractivity contribution >= 4 is 39.0 Å². The topological polar surface area (TPSA) is 160 Å². The summed E-state index contributed by atoms with van der Waals surface area (Å²) in [7, 11) is -3.57. The van der Waals surface area contributed by atoms with E-state index in [1.54, 1.807) is 11.0 Å². The smallest absolute Gasteiger partial charge is 0.312 e. The SMILES string of the molecule is CS(=O)(=O)Nc1cc([C@@H](O)CNC2CCN(c3ccc(N(C(=O)CC(=O)O)C4CCCCC4)cc3)CC2)ccc1O. The minimum atomic E-state index is -3.57. The molecule has 1 heterocycles. The number of carboxylic acid groups (broad SMARTS) is 1. The number of aromatic hydroxyl groups is 1. The highest BCUT2D eigenvalue weighted by atomic mass is 32.2. The number of hydrogen-bond acceptors (Lipinski definition) is 8. The maximum atomic E-state index is 12.8. The Balaban J connectivity index is 1.31. The van der Waals surface area contributed by atoms with Gasteiger partial charge in [-0.1, -0.05) is 25.3 Å². The number of benzene rings is 2. The number of rotatable bonds is 11. The third kappa shape index (κ3) is 8.57. The first-order valence-corrected chi connectivity index (χ1v) is 16.0. The number of aliphatic carboxylic acids is 1. The number of sulfonamides is 1. The molecule has 0 unspecified atom stereocenters. The maximum absolute atomic E-state index is 12.8. The molecule has 1 aliphatic carbocycles. The number of phenols is 1. The number of piperidine rings is 1. The number of aliphatic hydroxyl groups is 1. The molecule has 224 valence electrons. The van der Waals surface area contributed by atoms with Crippen molar-refractivity contribution in [1.29, 1.82) is 0 Å². The van der Waals surface area contributed by atoms with Gasteiger partial charge in [0.15, 0.2) is 0 Å². The molecule has 5 N–H and O–H groups in total. The van der Waals surface area contributed by atoms with Crippen LogP contribution in [0.5, 0.6) is 5.75 Å². The van der Waals surface area contributed by atoms with E-state index < -0.39 is 28.5 Å². The average Bonchev–Trinajstić information content (AvgIpc) is 2.93. The first kappa shape index (κ1) is 30.6. The Morgan fingerprint density at radius 2 is 1.68 bits per heavy atom. The number of nitrogens with zero attached hydrogens (tertiary/aromatic N) is 2. The lowest BCUT2D eigenvalue weighted by Crippen LogP contribution is -2.44. The van der Waals surface area contributed by atoms with Crippen LogP contribution in [0.25, 0.3) is 0 Å². The van der Waals surface area contributed by atoms with Crippen LogP contribution in [0.15, 0.2) is 42.5 Å². The fraction of sp³-hybridized carbons (Fsp3) is 0.517. The molecule has 41 heavy (non-hydrogen) atoms. The van der Waals surface area contributed by atoms with E-state index in [1.807, 2.05) is 24.3 Å². The van der Waals surface area contributed by atoms with Crippen molar-refractivity contribution in [3.63, 3.8) is 0 Å². The van der Waals surface area contributed by atoms with E-state index in [2.05, 4.69) is 14.9 Å². The van der Waals surface area contributed by atoms with Crippen LogP contribution < -0.4 is 19.8 Å². The number of phenolic OH excluding ortho intramolecular Hbond substituents is 1. The van der Waals surface area contributed by atoms with Crippen molar-refractivity contribution in [3.8, 4) is 5.75 Å². The zero-order valence-electron chi connectivity index (χ0n) is 23.3. The van der Waals surface area contributed by atoms with Crippen molar-refractivity contribution in [1.82, 2.24) is 5.32 Å². The Kier molecular flexibility index (Phi) is 10.1. The minimum Gasteiger partial charge on any atom is -0.506 e. The summed E-state index contributed by atoms with van der Waals surface area (Å²) in [5, 5.41) is 33.2. The van der Waals surface area contributed by atoms with Gasteiger partial charge in [0, 0.05) is 43.1 Å². The standard InChI is InChI=1S/C29H40N4O7S/c1-41(39,40)31-25-17-20(7-12-26(25)34)27(35)19-30-21-13-15-32(16-14-21)22-8-10-24(11-9-22)33(28(36)18-29(37)38)23-5-3-2-4-6-23/h7-12,17,21,23,27,30-31,34-35H,2-6,13-16,18-19H2,1H3,(H,37,38)/t27-/m0/s1. The van der Waals surface area contributed by atoms with Crippen LogP contribution in [0.3, 0.4) is 0 Å². The number of hydrogen-bond donors (Lipinski definition) is 5. The summed E-state index contributed by atoms with van der Waals surface area (Å²) in [5.74, 6) is -1.71. The van der Waals surface area contributed by atoms with Crippen molar-refractivity contribution in [2.75, 3.05) is 40.4 Å². The second-order valence-corrected chi connectivity index (χ2v) is 12.7. The lowest BCUT2D eigenvalue weighted by atomic mass is 9.93. The van der Waals surface area contributed by atoms with E-state index in [4.69, 9.17) is 0 Å². The van der Waals surface area contributed by atoms with E-state index in [0.29, 0.717) is 5.56 Å². The molecule has 2 aromatic rings. The molecule has 12 heteroatoms. The molecule has 4 rings (SSSR count). The molecule has 1 saturated carbocycles. The van der Waals surface area contributed by atoms with Gasteiger partial charge in [-0.2, -0.15) is 0 Å². The summed E-state index contributed by atoms with van der Waals surface area (Å²) in [4.78, 5) is 28.0. The number of nitrogens with one attached hydrogen (secondary N) is 2. The lowest BCUT2D eigenvalue weighted by Gasteiger charge is -2.36. The summed E-state index contributed by atoms with van der Waals surface area (Å²) in [6.45, 7) is 1.89. The molecular formula is C29H40N4O7S. The molecule has 11 nitrogen and oxygen atoms in total. The Bertz CT molecular complexity index is 1300. The average molecular weight is 589 g/mol. The van der Waals surface area contributed by atoms with Gasteiger partial charge in [-0.25, -0.2) is 8.42 Å². The second kappa shape index (κ2) is 13.5. The summed E-state index contributed by atoms with van der Waals surface area (Å²) in [5.41, 5.74) is 2.29. The van der Waals surface area contributed by atoms with E-state index in [0.717, 1.165) is 75.7 Å². The number of carbonyl (C=O) groups is 2. The van der Waals surface area contributed by atoms with E-state index in [9.17, 15) is 33.3 Å². The predicted molar refractivity (Wildman–Crippen MR) is 158 cm³/mol. The quantitative estimate of drug-likeness (QED) is 0.196. The zero-order chi connectivity index (χ0) is 29.6. The normalized spacial score (nSPS) is 17.7. The van der Waals surface area contributed by atoms with Crippen LogP contribution >= 0.6 is 0 Å². The van der Waals surface area contributed by atoms with E-state index in [1.165, 1.54) is 12.1 Å². The molecule has 0 radical (unpaired) electrons. The van der Waals surface area contributed by atoms with Gasteiger partial charge in [0.05, 0.1) is 18.0 Å². The number of aliphatic hydroxyl groups excluding tert-OH is 1. The summed E-state index contributed by atoms with van der Waals surface area (Å²) in [6.07, 6.45) is 6.30. The van der Waals surface area contributed by atoms with Gasteiger partial charge < -0.3 is 30.4 Å². The predicted octanol–water partition coefficient (Wildman–Crippen LogP) is 3.20. The Labute approximate surface area is 241 Å². The molecule has 1 saturated heterocycles. The number of carbonyl (C=O) groups excluding carboxylic acids is 1. The lowest BCUT2D eigenvalue weighted by molar-refractivity contribution is -0.140. The first-order valence-electron chi connectivity index (χ1n) is 14.1. The van der Waals surface area contributed by atoms with E-state index >= 15 is 0 Å². The molecule has 0 aromatic heterocycles. The van der Waals surface area contributed by atoms with Crippen molar-refractivity contribution in [3.05, 3.63) is 48.0 Å². The number of amides is 1. The zero-order valence-corrected chi connectivity index (χ0v) is 24.1. The van der Waals surface area contributed by atoms with Crippen LogP contribution in [0.1, 0.15) is 63.0 Å². The number of anilines is 3. The van der Waals surface area contributed by atoms with Gasteiger partial charge in [0.1, 0.15) is 12.2 Å². The highest BCUT2D eigenvalue weighted by molar-refractivity contribution is 7.92. The monoisotopic (exact) mass is 588 g/mol. The van der Waals surface area contributed by atoms with Crippen LogP contribution in [-0.4, -0.2) is 73.6 Å². The van der Waals surface area contributed by atoms with Crippen LogP contribution in [-0.2, 0) is 19.6 Å². The van der Waals surface area contributed by atoms with Crippen LogP contribution in [0.4, 0.5) is 17.1 Å². The van der Waals surface area contributed by atoms with Gasteiger partial charge in [-0.15, -0.1) is 0 Å². The highest BCUT2D eigenvalue weighted by Crippen LogP contribution is 2.31. The van der Waals surface area contributed by atoms with Crippen LogP contribution in [0.2, 0.25) is 0 Å². The third-order valence-corrected chi connectivity index (χ3v) is 8.39. The molecule has 0 bridgehead atoms. The van der Waals surface area contributed by atoms with E-state index in [-0.39, 0.29) is 36.0 Å². The Morgan fingerprint density at radius 1 is 1.02 bits per heavy atom. The summed E-state index contributed by atoms with van der Waals surface area (Å²) < 4.78 is 25.3. The molecule has 2 aliphatic rings. The molecular weight excluding hydrogens is 548 g/mol. The van der Waals surface area contributed by atoms with Gasteiger partial charge in [0.2, 0.25) is 15.9 Å². The van der Waals surface area contributed by atoms with Gasteiger partial charge in [0.25, 0.3) is 0 Å². The number of carboxylic acids is 1.